The molecule has 0 aromatic heterocycles. The van der Waals surface area contributed by atoms with E-state index in [4.69, 9.17) is 21.7 Å². The molecule has 0 bridgehead atoms. The Balaban J connectivity index is 0. The molecule has 0 aromatic carbocycles. The Hall–Kier alpha value is 0.420. The highest BCUT2D eigenvalue weighted by molar-refractivity contribution is 5.85. The van der Waals surface area contributed by atoms with E-state index in [0.717, 1.165) is 25.7 Å². The zero-order valence-electron chi connectivity index (χ0n) is 12.2. The molecule has 0 amide bonds. The van der Waals surface area contributed by atoms with Crippen molar-refractivity contribution in [2.75, 3.05) is 13.2 Å². The fraction of sp³-hybridized carbons (Fsp3) is 1.00. The van der Waals surface area contributed by atoms with Crippen molar-refractivity contribution in [2.24, 2.45) is 23.3 Å². The summed E-state index contributed by atoms with van der Waals surface area (Å²) in [6, 6.07) is 0.715. The lowest BCUT2D eigenvalue weighted by Crippen LogP contribution is -2.29. The van der Waals surface area contributed by atoms with Crippen molar-refractivity contribution in [3.63, 3.8) is 0 Å². The molecule has 2 fully saturated rings. The first kappa shape index (κ1) is 22.7. The second kappa shape index (κ2) is 13.1. The van der Waals surface area contributed by atoms with Crippen molar-refractivity contribution in [2.45, 2.75) is 63.5 Å². The lowest BCUT2D eigenvalue weighted by molar-refractivity contribution is 0.180. The van der Waals surface area contributed by atoms with Gasteiger partial charge in [-0.05, 0) is 50.4 Å². The van der Waals surface area contributed by atoms with E-state index in [0.29, 0.717) is 37.1 Å². The van der Waals surface area contributed by atoms with Crippen molar-refractivity contribution in [1.29, 1.82) is 0 Å². The molecule has 6 N–H and O–H groups in total. The van der Waals surface area contributed by atoms with Crippen LogP contribution in [0.3, 0.4) is 0 Å². The normalized spacial score (nSPS) is 33.0. The molecule has 2 aliphatic carbocycles. The largest absolute Gasteiger partial charge is 0.396 e. The van der Waals surface area contributed by atoms with Gasteiger partial charge in [-0.1, -0.05) is 12.8 Å². The van der Waals surface area contributed by atoms with E-state index in [-0.39, 0.29) is 24.8 Å². The van der Waals surface area contributed by atoms with Crippen LogP contribution in [0.1, 0.15) is 51.4 Å². The summed E-state index contributed by atoms with van der Waals surface area (Å²) >= 11 is 0. The number of aliphatic hydroxyl groups excluding tert-OH is 2. The second-order valence-electron chi connectivity index (χ2n) is 5.95. The summed E-state index contributed by atoms with van der Waals surface area (Å²) < 4.78 is 0. The van der Waals surface area contributed by atoms with E-state index < -0.39 is 0 Å². The molecule has 2 aliphatic rings. The minimum absolute atomic E-state index is 0. The van der Waals surface area contributed by atoms with E-state index in [9.17, 15) is 0 Å². The predicted octanol–water partition coefficient (Wildman–Crippen LogP) is 1.84. The third kappa shape index (κ3) is 9.37. The Morgan fingerprint density at radius 1 is 0.700 bits per heavy atom. The number of nitrogens with two attached hydrogens (primary N) is 2. The summed E-state index contributed by atoms with van der Waals surface area (Å²) in [7, 11) is 0. The third-order valence-corrected chi connectivity index (χ3v) is 4.16. The van der Waals surface area contributed by atoms with Crippen molar-refractivity contribution >= 4 is 24.8 Å². The van der Waals surface area contributed by atoms with Crippen LogP contribution in [-0.2, 0) is 0 Å². The van der Waals surface area contributed by atoms with Crippen LogP contribution in [0, 0.1) is 11.8 Å². The third-order valence-electron chi connectivity index (χ3n) is 4.16. The zero-order chi connectivity index (χ0) is 13.4. The van der Waals surface area contributed by atoms with Crippen molar-refractivity contribution < 1.29 is 10.2 Å². The van der Waals surface area contributed by atoms with Gasteiger partial charge in [-0.3, -0.25) is 0 Å². The Morgan fingerprint density at radius 3 is 1.25 bits per heavy atom. The summed E-state index contributed by atoms with van der Waals surface area (Å²) in [6.07, 6.45) is 9.09. The van der Waals surface area contributed by atoms with Crippen LogP contribution >= 0.6 is 24.8 Å². The van der Waals surface area contributed by atoms with E-state index in [1.807, 2.05) is 0 Å². The molecule has 2 rings (SSSR count). The van der Waals surface area contributed by atoms with Gasteiger partial charge >= 0.3 is 0 Å². The van der Waals surface area contributed by atoms with Gasteiger partial charge in [-0.15, -0.1) is 24.8 Å². The number of rotatable bonds is 2. The number of aliphatic hydroxyl groups is 2. The summed E-state index contributed by atoms with van der Waals surface area (Å²) in [4.78, 5) is 0. The molecule has 0 spiro atoms. The molecule has 2 saturated carbocycles. The van der Waals surface area contributed by atoms with Crippen LogP contribution < -0.4 is 11.5 Å². The molecule has 0 radical (unpaired) electrons. The molecule has 124 valence electrons. The quantitative estimate of drug-likeness (QED) is 0.621. The van der Waals surface area contributed by atoms with Crippen LogP contribution in [0.25, 0.3) is 0 Å². The maximum Gasteiger partial charge on any atom is 0.0459 e. The number of hydrogen-bond acceptors (Lipinski definition) is 4. The molecule has 0 heterocycles. The standard InChI is InChI=1S/2C7H15NO.2ClH/c2*8-7-3-1-2-6(4-7)5-9;;/h2*6-7,9H,1-5,8H2;2*1H/t2*6-,7-;;/m10../s1. The van der Waals surface area contributed by atoms with Crippen molar-refractivity contribution in [1.82, 2.24) is 0 Å². The second-order valence-corrected chi connectivity index (χ2v) is 5.95. The van der Waals surface area contributed by atoms with Crippen molar-refractivity contribution in [3.8, 4) is 0 Å². The Bertz CT molecular complexity index is 201. The minimum Gasteiger partial charge on any atom is -0.396 e. The van der Waals surface area contributed by atoms with Crippen LogP contribution in [-0.4, -0.2) is 35.5 Å². The lowest BCUT2D eigenvalue weighted by Gasteiger charge is -2.24. The monoisotopic (exact) mass is 330 g/mol. The highest BCUT2D eigenvalue weighted by Gasteiger charge is 2.18. The van der Waals surface area contributed by atoms with Gasteiger partial charge in [0.2, 0.25) is 0 Å². The summed E-state index contributed by atoms with van der Waals surface area (Å²) in [6.45, 7) is 0.654. The molecule has 4 atom stereocenters. The topological polar surface area (TPSA) is 92.5 Å². The molecule has 4 nitrogen and oxygen atoms in total. The molecule has 6 heteroatoms. The van der Waals surface area contributed by atoms with Gasteiger partial charge in [-0.25, -0.2) is 0 Å². The zero-order valence-corrected chi connectivity index (χ0v) is 13.9. The van der Waals surface area contributed by atoms with E-state index >= 15 is 0 Å². The van der Waals surface area contributed by atoms with Gasteiger partial charge in [0.15, 0.2) is 0 Å². The van der Waals surface area contributed by atoms with Crippen LogP contribution in [0.15, 0.2) is 0 Å². The van der Waals surface area contributed by atoms with Gasteiger partial charge < -0.3 is 21.7 Å². The molecule has 20 heavy (non-hydrogen) atoms. The number of halogens is 2. The van der Waals surface area contributed by atoms with Gasteiger partial charge in [0.25, 0.3) is 0 Å². The summed E-state index contributed by atoms with van der Waals surface area (Å²) in [5.41, 5.74) is 11.4. The minimum atomic E-state index is 0. The fourth-order valence-electron chi connectivity index (χ4n) is 3.00. The van der Waals surface area contributed by atoms with Gasteiger partial charge in [0.05, 0.1) is 0 Å². The highest BCUT2D eigenvalue weighted by Crippen LogP contribution is 2.22. The molecule has 0 unspecified atom stereocenters. The molecule has 0 aromatic rings. The maximum absolute atomic E-state index is 8.75. The molecule has 0 saturated heterocycles. The maximum atomic E-state index is 8.75. The van der Waals surface area contributed by atoms with Gasteiger partial charge in [0, 0.05) is 25.3 Å². The molecule has 0 aliphatic heterocycles. The average Bonchev–Trinajstić information content (AvgIpc) is 2.39. The lowest BCUT2D eigenvalue weighted by atomic mass is 9.87. The van der Waals surface area contributed by atoms with Crippen LogP contribution in [0.4, 0.5) is 0 Å². The SMILES string of the molecule is Cl.Cl.N[C@@H]1CCC[C@@H](CO)C1.N[C@H]1CCC[C@H](CO)C1. The van der Waals surface area contributed by atoms with E-state index in [2.05, 4.69) is 0 Å². The Morgan fingerprint density at radius 2 is 1.05 bits per heavy atom. The van der Waals surface area contributed by atoms with Gasteiger partial charge in [-0.2, -0.15) is 0 Å². The number of hydrogen-bond donors (Lipinski definition) is 4. The molecular formula is C14H32Cl2N2O2. The van der Waals surface area contributed by atoms with Gasteiger partial charge in [0.1, 0.15) is 0 Å². The summed E-state index contributed by atoms with van der Waals surface area (Å²) in [5, 5.41) is 17.5. The average molecular weight is 331 g/mol. The highest BCUT2D eigenvalue weighted by atomic mass is 35.5. The molecular weight excluding hydrogens is 299 g/mol. The van der Waals surface area contributed by atoms with Crippen molar-refractivity contribution in [3.05, 3.63) is 0 Å². The Labute approximate surface area is 135 Å². The first-order valence-electron chi connectivity index (χ1n) is 7.38. The predicted molar refractivity (Wildman–Crippen MR) is 88.5 cm³/mol. The first-order chi connectivity index (χ1) is 8.65. The summed E-state index contributed by atoms with van der Waals surface area (Å²) in [5.74, 6) is 0.988. The smallest absolute Gasteiger partial charge is 0.0459 e. The fourth-order valence-corrected chi connectivity index (χ4v) is 3.00. The Kier molecular flexibility index (Phi) is 14.9. The van der Waals surface area contributed by atoms with Crippen LogP contribution in [0.2, 0.25) is 0 Å². The van der Waals surface area contributed by atoms with E-state index in [1.54, 1.807) is 0 Å². The van der Waals surface area contributed by atoms with Crippen LogP contribution in [0.5, 0.6) is 0 Å². The van der Waals surface area contributed by atoms with E-state index in [1.165, 1.54) is 25.7 Å². The first-order valence-corrected chi connectivity index (χ1v) is 7.38.